The normalized spacial score (nSPS) is 19.9. The van der Waals surface area contributed by atoms with E-state index in [1.165, 1.54) is 24.1 Å². The van der Waals surface area contributed by atoms with E-state index in [-0.39, 0.29) is 0 Å². The summed E-state index contributed by atoms with van der Waals surface area (Å²) in [6.45, 7) is 3.29. The van der Waals surface area contributed by atoms with E-state index < -0.39 is 0 Å². The van der Waals surface area contributed by atoms with Crippen LogP contribution in [0, 0.1) is 0 Å². The summed E-state index contributed by atoms with van der Waals surface area (Å²) in [5.41, 5.74) is 6.49. The van der Waals surface area contributed by atoms with E-state index in [4.69, 9.17) is 9.97 Å². The van der Waals surface area contributed by atoms with Crippen LogP contribution >= 0.6 is 0 Å². The van der Waals surface area contributed by atoms with Gasteiger partial charge in [0.1, 0.15) is 11.0 Å². The third-order valence-corrected chi connectivity index (χ3v) is 5.09. The molecule has 2 aromatic heterocycles. The lowest BCUT2D eigenvalue weighted by Gasteiger charge is -2.39. The van der Waals surface area contributed by atoms with Crippen molar-refractivity contribution in [1.82, 2.24) is 25.4 Å². The molecular weight excluding hydrogens is 288 g/mol. The van der Waals surface area contributed by atoms with Gasteiger partial charge < -0.3 is 4.90 Å². The van der Waals surface area contributed by atoms with Gasteiger partial charge in [-0.25, -0.2) is 9.97 Å². The molecule has 0 radical (unpaired) electrons. The minimum absolute atomic E-state index is 0.542. The molecule has 3 heterocycles. The van der Waals surface area contributed by atoms with Gasteiger partial charge in [-0.05, 0) is 44.7 Å². The first-order valence-corrected chi connectivity index (χ1v) is 8.27. The van der Waals surface area contributed by atoms with Gasteiger partial charge in [-0.2, -0.15) is 15.4 Å². The number of anilines is 1. The van der Waals surface area contributed by atoms with Crippen molar-refractivity contribution in [3.8, 4) is 11.3 Å². The van der Waals surface area contributed by atoms with Crippen LogP contribution in [0.25, 0.3) is 22.3 Å². The molecule has 1 fully saturated rings. The number of aromatic nitrogens is 5. The first-order valence-electron chi connectivity index (χ1n) is 8.27. The molecule has 0 unspecified atom stereocenters. The Balaban J connectivity index is 1.68. The molecule has 3 aromatic rings. The fourth-order valence-electron chi connectivity index (χ4n) is 3.59. The fourth-order valence-corrected chi connectivity index (χ4v) is 3.59. The Labute approximate surface area is 133 Å². The van der Waals surface area contributed by atoms with Crippen LogP contribution in [-0.2, 0) is 12.8 Å². The van der Waals surface area contributed by atoms with Gasteiger partial charge in [-0.3, -0.25) is 0 Å². The number of hydrogen-bond donors (Lipinski definition) is 1. The second-order valence-electron chi connectivity index (χ2n) is 6.51. The number of aromatic amines is 1. The third kappa shape index (κ3) is 1.94. The van der Waals surface area contributed by atoms with E-state index in [0.717, 1.165) is 47.6 Å². The van der Waals surface area contributed by atoms with Crippen LogP contribution in [0.3, 0.4) is 0 Å². The first kappa shape index (κ1) is 13.0. The molecule has 1 aliphatic carbocycles. The summed E-state index contributed by atoms with van der Waals surface area (Å²) in [5.74, 6) is 0.889. The predicted octanol–water partition coefficient (Wildman–Crippen LogP) is 2.50. The molecule has 0 amide bonds. The number of H-pyrrole nitrogens is 1. The highest BCUT2D eigenvalue weighted by Crippen LogP contribution is 2.34. The van der Waals surface area contributed by atoms with Crippen molar-refractivity contribution >= 4 is 17.0 Å². The lowest BCUT2D eigenvalue weighted by atomic mass is 10.0. The Morgan fingerprint density at radius 2 is 2.04 bits per heavy atom. The molecule has 0 spiro atoms. The molecule has 23 heavy (non-hydrogen) atoms. The Morgan fingerprint density at radius 1 is 1.13 bits per heavy atom. The fraction of sp³-hybridized carbons (Fsp3) is 0.412. The third-order valence-electron chi connectivity index (χ3n) is 5.09. The van der Waals surface area contributed by atoms with Gasteiger partial charge >= 0.3 is 0 Å². The number of nitrogens with zero attached hydrogens (tertiary/aromatic N) is 5. The molecule has 0 bridgehead atoms. The molecule has 6 heteroatoms. The molecule has 1 aromatic carbocycles. The summed E-state index contributed by atoms with van der Waals surface area (Å²) < 4.78 is 0. The molecule has 1 saturated heterocycles. The number of hydrogen-bond acceptors (Lipinski definition) is 5. The number of benzene rings is 1. The number of nitrogens with one attached hydrogen (secondary N) is 1. The zero-order valence-electron chi connectivity index (χ0n) is 13.1. The Kier molecular flexibility index (Phi) is 2.68. The molecule has 0 saturated carbocycles. The largest absolute Gasteiger partial charge is 0.338 e. The van der Waals surface area contributed by atoms with Crippen molar-refractivity contribution in [2.75, 3.05) is 11.4 Å². The van der Waals surface area contributed by atoms with Crippen molar-refractivity contribution < 1.29 is 0 Å². The first-order chi connectivity index (χ1) is 11.3. The van der Waals surface area contributed by atoms with Crippen LogP contribution < -0.4 is 4.90 Å². The molecule has 6 nitrogen and oxygen atoms in total. The van der Waals surface area contributed by atoms with E-state index in [1.54, 1.807) is 0 Å². The monoisotopic (exact) mass is 306 g/mol. The quantitative estimate of drug-likeness (QED) is 0.787. The second kappa shape index (κ2) is 4.75. The summed E-state index contributed by atoms with van der Waals surface area (Å²) in [5, 5.41) is 11.0. The summed E-state index contributed by atoms with van der Waals surface area (Å²) >= 11 is 0. The Bertz CT molecular complexity index is 899. The minimum Gasteiger partial charge on any atom is -0.338 e. The van der Waals surface area contributed by atoms with Gasteiger partial charge in [0.15, 0.2) is 0 Å². The molecule has 2 aliphatic rings. The van der Waals surface area contributed by atoms with E-state index in [1.807, 2.05) is 6.07 Å². The Hall–Kier alpha value is -2.50. The lowest BCUT2D eigenvalue weighted by molar-refractivity contribution is 0.470. The highest BCUT2D eigenvalue weighted by atomic mass is 15.3. The molecule has 1 N–H and O–H groups in total. The molecule has 1 atom stereocenters. The maximum Gasteiger partial charge on any atom is 0.226 e. The highest BCUT2D eigenvalue weighted by molar-refractivity contribution is 5.81. The summed E-state index contributed by atoms with van der Waals surface area (Å²) in [6.07, 6.45) is 4.52. The van der Waals surface area contributed by atoms with E-state index >= 15 is 0 Å². The summed E-state index contributed by atoms with van der Waals surface area (Å²) in [7, 11) is 0. The van der Waals surface area contributed by atoms with Crippen LogP contribution in [0.2, 0.25) is 0 Å². The SMILES string of the molecule is C[C@H]1CCN1c1nc2c(c(-c3ccc4n[nH]nc4c3)n1)CCC2. The zero-order valence-corrected chi connectivity index (χ0v) is 13.1. The minimum atomic E-state index is 0.542. The average molecular weight is 306 g/mol. The smallest absolute Gasteiger partial charge is 0.226 e. The maximum atomic E-state index is 4.93. The van der Waals surface area contributed by atoms with Crippen molar-refractivity contribution in [2.45, 2.75) is 38.6 Å². The molecular formula is C17H18N6. The van der Waals surface area contributed by atoms with Crippen molar-refractivity contribution in [3.63, 3.8) is 0 Å². The summed E-state index contributed by atoms with van der Waals surface area (Å²) in [6, 6.07) is 6.71. The van der Waals surface area contributed by atoms with Gasteiger partial charge in [-0.15, -0.1) is 0 Å². The van der Waals surface area contributed by atoms with Crippen molar-refractivity contribution in [1.29, 1.82) is 0 Å². The summed E-state index contributed by atoms with van der Waals surface area (Å²) in [4.78, 5) is 12.1. The molecule has 1 aliphatic heterocycles. The van der Waals surface area contributed by atoms with Crippen LogP contribution in [0.4, 0.5) is 5.95 Å². The van der Waals surface area contributed by atoms with Gasteiger partial charge in [0, 0.05) is 29.4 Å². The van der Waals surface area contributed by atoms with Crippen molar-refractivity contribution in [2.24, 2.45) is 0 Å². The lowest BCUT2D eigenvalue weighted by Crippen LogP contribution is -2.46. The molecule has 5 rings (SSSR count). The van der Waals surface area contributed by atoms with Crippen LogP contribution in [0.5, 0.6) is 0 Å². The number of aryl methyl sites for hydroxylation is 1. The van der Waals surface area contributed by atoms with Gasteiger partial charge in [0.25, 0.3) is 0 Å². The molecule has 116 valence electrons. The average Bonchev–Trinajstić information content (AvgIpc) is 3.20. The Morgan fingerprint density at radius 3 is 2.87 bits per heavy atom. The van der Waals surface area contributed by atoms with Crippen LogP contribution in [0.1, 0.15) is 31.0 Å². The van der Waals surface area contributed by atoms with E-state index in [9.17, 15) is 0 Å². The van der Waals surface area contributed by atoms with Crippen LogP contribution in [-0.4, -0.2) is 38.0 Å². The predicted molar refractivity (Wildman–Crippen MR) is 88.4 cm³/mol. The standard InChI is InChI=1S/C17H18N6/c1-10-7-8-23(10)17-18-13-4-2-3-12(13)16(19-17)11-5-6-14-15(9-11)21-22-20-14/h5-6,9-10H,2-4,7-8H2,1H3,(H,20,21,22)/t10-/m0/s1. The second-order valence-corrected chi connectivity index (χ2v) is 6.51. The number of fused-ring (bicyclic) bond motifs is 2. The maximum absolute atomic E-state index is 4.93. The van der Waals surface area contributed by atoms with Gasteiger partial charge in [0.05, 0.1) is 5.69 Å². The zero-order chi connectivity index (χ0) is 15.4. The van der Waals surface area contributed by atoms with E-state index in [0.29, 0.717) is 6.04 Å². The number of rotatable bonds is 2. The highest BCUT2D eigenvalue weighted by Gasteiger charge is 2.29. The van der Waals surface area contributed by atoms with Gasteiger partial charge in [0.2, 0.25) is 5.95 Å². The van der Waals surface area contributed by atoms with Gasteiger partial charge in [-0.1, -0.05) is 6.07 Å². The van der Waals surface area contributed by atoms with Crippen LogP contribution in [0.15, 0.2) is 18.2 Å². The van der Waals surface area contributed by atoms with E-state index in [2.05, 4.69) is 39.4 Å². The van der Waals surface area contributed by atoms with Crippen molar-refractivity contribution in [3.05, 3.63) is 29.5 Å². The topological polar surface area (TPSA) is 70.6 Å².